The van der Waals surface area contributed by atoms with Gasteiger partial charge in [0.05, 0.1) is 12.4 Å². The van der Waals surface area contributed by atoms with E-state index in [2.05, 4.69) is 10.1 Å². The lowest BCUT2D eigenvalue weighted by Gasteiger charge is -1.87. The van der Waals surface area contributed by atoms with E-state index < -0.39 is 0 Å². The molecule has 0 saturated heterocycles. The number of fused-ring (bicyclic) bond motifs is 1. The Morgan fingerprint density at radius 2 is 2.30 bits per heavy atom. The second-order valence-corrected chi connectivity index (χ2v) is 1.97. The highest BCUT2D eigenvalue weighted by molar-refractivity contribution is 5.77. The molecular formula is C6H5N3O. The molecule has 2 rings (SSSR count). The van der Waals surface area contributed by atoms with Crippen LogP contribution in [0.25, 0.3) is 11.0 Å². The number of hydrogen-bond donors (Lipinski definition) is 1. The molecule has 0 saturated carbocycles. The summed E-state index contributed by atoms with van der Waals surface area (Å²) < 4.78 is 4.80. The lowest BCUT2D eigenvalue weighted by atomic mass is 10.3. The first-order valence-electron chi connectivity index (χ1n) is 2.82. The number of nitrogens with two attached hydrogens (primary N) is 1. The van der Waals surface area contributed by atoms with Crippen LogP contribution in [0.2, 0.25) is 0 Å². The summed E-state index contributed by atoms with van der Waals surface area (Å²) in [6, 6.07) is 1.71. The van der Waals surface area contributed by atoms with Gasteiger partial charge in [0, 0.05) is 5.39 Å². The van der Waals surface area contributed by atoms with Crippen LogP contribution >= 0.6 is 0 Å². The molecule has 50 valence electrons. The Morgan fingerprint density at radius 3 is 3.20 bits per heavy atom. The fourth-order valence-electron chi connectivity index (χ4n) is 0.792. The van der Waals surface area contributed by atoms with E-state index in [0.717, 1.165) is 5.39 Å². The van der Waals surface area contributed by atoms with Crippen LogP contribution in [0.4, 0.5) is 5.82 Å². The topological polar surface area (TPSA) is 64.9 Å². The molecule has 0 aromatic carbocycles. The van der Waals surface area contributed by atoms with E-state index in [9.17, 15) is 0 Å². The van der Waals surface area contributed by atoms with Crippen LogP contribution < -0.4 is 5.73 Å². The van der Waals surface area contributed by atoms with Gasteiger partial charge in [-0.3, -0.25) is 0 Å². The van der Waals surface area contributed by atoms with Crippen molar-refractivity contribution in [1.29, 1.82) is 0 Å². The molecule has 10 heavy (non-hydrogen) atoms. The Hall–Kier alpha value is -1.58. The van der Waals surface area contributed by atoms with Crippen LogP contribution in [-0.2, 0) is 0 Å². The summed E-state index contributed by atoms with van der Waals surface area (Å²) in [6.07, 6.45) is 3.16. The molecule has 0 aliphatic rings. The second kappa shape index (κ2) is 1.70. The maximum absolute atomic E-state index is 5.40. The van der Waals surface area contributed by atoms with Crippen LogP contribution in [0.3, 0.4) is 0 Å². The largest absolute Gasteiger partial charge is 0.384 e. The average molecular weight is 135 g/mol. The molecule has 0 aliphatic carbocycles. The van der Waals surface area contributed by atoms with Crippen LogP contribution in [0.1, 0.15) is 0 Å². The van der Waals surface area contributed by atoms with Crippen LogP contribution in [0.5, 0.6) is 0 Å². The molecule has 0 atom stereocenters. The van der Waals surface area contributed by atoms with E-state index in [4.69, 9.17) is 10.3 Å². The Morgan fingerprint density at radius 1 is 1.40 bits per heavy atom. The predicted octanol–water partition coefficient (Wildman–Crippen LogP) is 0.805. The average Bonchev–Trinajstić information content (AvgIpc) is 2.33. The maximum Gasteiger partial charge on any atom is 0.185 e. The molecule has 2 aromatic rings. The van der Waals surface area contributed by atoms with E-state index in [1.54, 1.807) is 18.5 Å². The van der Waals surface area contributed by atoms with E-state index in [1.165, 1.54) is 0 Å². The third-order valence-corrected chi connectivity index (χ3v) is 1.26. The minimum absolute atomic E-state index is 0.482. The first kappa shape index (κ1) is 5.22. The van der Waals surface area contributed by atoms with Crippen LogP contribution in [0, 0.1) is 0 Å². The minimum Gasteiger partial charge on any atom is -0.384 e. The highest BCUT2D eigenvalue weighted by atomic mass is 16.5. The van der Waals surface area contributed by atoms with Crippen molar-refractivity contribution < 1.29 is 4.52 Å². The van der Waals surface area contributed by atoms with Crippen molar-refractivity contribution in [2.45, 2.75) is 0 Å². The first-order valence-corrected chi connectivity index (χ1v) is 2.82. The monoisotopic (exact) mass is 135 g/mol. The van der Waals surface area contributed by atoms with Gasteiger partial charge in [-0.2, -0.15) is 0 Å². The Kier molecular flexibility index (Phi) is 0.887. The second-order valence-electron chi connectivity index (χ2n) is 1.97. The molecule has 0 aliphatic heterocycles. The third kappa shape index (κ3) is 0.621. The molecule has 2 aromatic heterocycles. The number of anilines is 1. The van der Waals surface area contributed by atoms with Gasteiger partial charge in [-0.1, -0.05) is 5.16 Å². The maximum atomic E-state index is 5.40. The summed E-state index contributed by atoms with van der Waals surface area (Å²) in [5.41, 5.74) is 6.06. The van der Waals surface area contributed by atoms with Crippen LogP contribution in [-0.4, -0.2) is 10.1 Å². The molecule has 2 heterocycles. The summed E-state index contributed by atoms with van der Waals surface area (Å²) >= 11 is 0. The number of pyridine rings is 1. The quantitative estimate of drug-likeness (QED) is 0.580. The Bertz CT molecular complexity index is 355. The fourth-order valence-corrected chi connectivity index (χ4v) is 0.792. The molecule has 2 N–H and O–H groups in total. The Labute approximate surface area is 56.6 Å². The van der Waals surface area contributed by atoms with Gasteiger partial charge in [-0.25, -0.2) is 4.98 Å². The molecule has 0 radical (unpaired) electrons. The number of nitrogen functional groups attached to an aromatic ring is 1. The number of rotatable bonds is 0. The zero-order valence-corrected chi connectivity index (χ0v) is 5.11. The third-order valence-electron chi connectivity index (χ3n) is 1.26. The normalized spacial score (nSPS) is 10.4. The van der Waals surface area contributed by atoms with Gasteiger partial charge in [0.15, 0.2) is 5.58 Å². The molecular weight excluding hydrogens is 130 g/mol. The zero-order chi connectivity index (χ0) is 6.97. The van der Waals surface area contributed by atoms with Gasteiger partial charge in [-0.15, -0.1) is 0 Å². The van der Waals surface area contributed by atoms with Gasteiger partial charge >= 0.3 is 0 Å². The lowest BCUT2D eigenvalue weighted by Crippen LogP contribution is -1.86. The van der Waals surface area contributed by atoms with Crippen molar-refractivity contribution in [2.75, 3.05) is 5.73 Å². The molecule has 0 fully saturated rings. The summed E-state index contributed by atoms with van der Waals surface area (Å²) in [6.45, 7) is 0. The van der Waals surface area contributed by atoms with Gasteiger partial charge in [0.1, 0.15) is 5.82 Å². The lowest BCUT2D eigenvalue weighted by molar-refractivity contribution is 0.455. The van der Waals surface area contributed by atoms with E-state index in [1.807, 2.05) is 0 Å². The molecule has 0 bridgehead atoms. The molecule has 0 amide bonds. The minimum atomic E-state index is 0.482. The van der Waals surface area contributed by atoms with Gasteiger partial charge in [0.2, 0.25) is 0 Å². The van der Waals surface area contributed by atoms with Crippen LogP contribution in [0.15, 0.2) is 23.0 Å². The van der Waals surface area contributed by atoms with Crippen molar-refractivity contribution in [3.8, 4) is 0 Å². The van der Waals surface area contributed by atoms with Crippen molar-refractivity contribution >= 4 is 16.8 Å². The van der Waals surface area contributed by atoms with E-state index in [0.29, 0.717) is 11.4 Å². The number of nitrogens with zero attached hydrogens (tertiary/aromatic N) is 2. The summed E-state index contributed by atoms with van der Waals surface area (Å²) in [5.74, 6) is 0.482. The van der Waals surface area contributed by atoms with Crippen molar-refractivity contribution in [2.24, 2.45) is 0 Å². The van der Waals surface area contributed by atoms with Gasteiger partial charge in [0.25, 0.3) is 0 Å². The van der Waals surface area contributed by atoms with E-state index >= 15 is 0 Å². The summed E-state index contributed by atoms with van der Waals surface area (Å²) in [7, 11) is 0. The summed E-state index contributed by atoms with van der Waals surface area (Å²) in [4.78, 5) is 3.82. The zero-order valence-electron chi connectivity index (χ0n) is 5.11. The Balaban J connectivity index is 2.86. The van der Waals surface area contributed by atoms with E-state index in [-0.39, 0.29) is 0 Å². The molecule has 0 spiro atoms. The highest BCUT2D eigenvalue weighted by Crippen LogP contribution is 2.12. The summed E-state index contributed by atoms with van der Waals surface area (Å²) in [5, 5.41) is 4.45. The molecule has 0 unspecified atom stereocenters. The van der Waals surface area contributed by atoms with Gasteiger partial charge < -0.3 is 10.3 Å². The van der Waals surface area contributed by atoms with Gasteiger partial charge in [-0.05, 0) is 6.07 Å². The predicted molar refractivity (Wildman–Crippen MR) is 36.2 cm³/mol. The molecule has 4 heteroatoms. The first-order chi connectivity index (χ1) is 4.86. The van der Waals surface area contributed by atoms with Crippen molar-refractivity contribution in [1.82, 2.24) is 10.1 Å². The van der Waals surface area contributed by atoms with Crippen molar-refractivity contribution in [3.05, 3.63) is 18.5 Å². The molecule has 4 nitrogen and oxygen atoms in total. The number of hydrogen-bond acceptors (Lipinski definition) is 4. The SMILES string of the molecule is Nc1cc2cnoc2cn1. The smallest absolute Gasteiger partial charge is 0.185 e. The van der Waals surface area contributed by atoms with Crippen molar-refractivity contribution in [3.63, 3.8) is 0 Å². The fraction of sp³-hybridized carbons (Fsp3) is 0. The standard InChI is InChI=1S/C6H5N3O/c7-6-1-4-2-9-10-5(4)3-8-6/h1-3H,(H2,7,8). The highest BCUT2D eigenvalue weighted by Gasteiger charge is 1.96. The number of aromatic nitrogens is 2.